The summed E-state index contributed by atoms with van der Waals surface area (Å²) in [7, 11) is 0. The minimum atomic E-state index is 0. The van der Waals surface area contributed by atoms with Gasteiger partial charge in [-0.1, -0.05) is 0 Å². The van der Waals surface area contributed by atoms with Gasteiger partial charge in [0.25, 0.3) is 0 Å². The first-order valence-corrected chi connectivity index (χ1v) is 4.02. The zero-order chi connectivity index (χ0) is 7.02. The van der Waals surface area contributed by atoms with E-state index in [2.05, 4.69) is 47.3 Å². The van der Waals surface area contributed by atoms with Crippen molar-refractivity contribution in [1.82, 2.24) is 0 Å². The summed E-state index contributed by atoms with van der Waals surface area (Å²) in [4.78, 5) is 0. The van der Waals surface area contributed by atoms with Crippen LogP contribution in [0.4, 0.5) is 0 Å². The summed E-state index contributed by atoms with van der Waals surface area (Å²) < 4.78 is 1.53. The molecule has 0 aromatic rings. The van der Waals surface area contributed by atoms with Gasteiger partial charge in [-0.3, -0.25) is 0 Å². The largest absolute Gasteiger partial charge is 1.00 e. The summed E-state index contributed by atoms with van der Waals surface area (Å²) in [6, 6.07) is 0. The summed E-state index contributed by atoms with van der Waals surface area (Å²) in [5.41, 5.74) is 2.95. The molecule has 0 radical (unpaired) electrons. The van der Waals surface area contributed by atoms with Crippen molar-refractivity contribution >= 4 is 0 Å². The molecule has 61 valence electrons. The molecule has 0 aliphatic heterocycles. The molecule has 0 aromatic heterocycles. The molecule has 0 saturated carbocycles. The van der Waals surface area contributed by atoms with Gasteiger partial charge in [0.2, 0.25) is 0 Å². The maximum absolute atomic E-state index is 2.32. The van der Waals surface area contributed by atoms with Crippen LogP contribution in [0.1, 0.15) is 20.8 Å². The first-order chi connectivity index (χ1) is 4.13. The number of hydrogen-bond acceptors (Lipinski definition) is 0. The van der Waals surface area contributed by atoms with E-state index in [-0.39, 0.29) is 24.8 Å². The van der Waals surface area contributed by atoms with Gasteiger partial charge >= 0.3 is 68.2 Å². The molecule has 1 aliphatic carbocycles. The van der Waals surface area contributed by atoms with Crippen molar-refractivity contribution in [3.63, 3.8) is 0 Å². The normalized spacial score (nSPS) is 22.3. The second-order valence-corrected chi connectivity index (χ2v) is 3.52. The molecule has 0 heterocycles. The molecule has 11 heavy (non-hydrogen) atoms. The van der Waals surface area contributed by atoms with Gasteiger partial charge in [0.05, 0.1) is 0 Å². The summed E-state index contributed by atoms with van der Waals surface area (Å²) in [5, 5.41) is 0. The van der Waals surface area contributed by atoms with E-state index in [9.17, 15) is 0 Å². The quantitative estimate of drug-likeness (QED) is 0.374. The molecule has 0 saturated heterocycles. The zero-order valence-electron chi connectivity index (χ0n) is 6.91. The second kappa shape index (κ2) is 5.43. The van der Waals surface area contributed by atoms with Crippen LogP contribution in [0.3, 0.4) is 0 Å². The van der Waals surface area contributed by atoms with E-state index in [0.717, 1.165) is 0 Å². The van der Waals surface area contributed by atoms with Crippen molar-refractivity contribution in [1.29, 1.82) is 0 Å². The van der Waals surface area contributed by atoms with E-state index in [0.29, 0.717) is 5.92 Å². The van der Waals surface area contributed by atoms with Crippen molar-refractivity contribution in [2.24, 2.45) is 5.92 Å². The van der Waals surface area contributed by atoms with E-state index in [4.69, 9.17) is 0 Å². The Kier molecular flexibility index (Phi) is 7.06. The molecule has 1 unspecified atom stereocenters. The van der Waals surface area contributed by atoms with Crippen LogP contribution >= 0.6 is 0 Å². The number of hydrogen-bond donors (Lipinski definition) is 0. The third-order valence-electron chi connectivity index (χ3n) is 1.95. The molecule has 0 N–H and O–H groups in total. The van der Waals surface area contributed by atoms with Crippen LogP contribution in [-0.2, 0) is 20.4 Å². The summed E-state index contributed by atoms with van der Waals surface area (Å²) >= 11 is 2.22. The van der Waals surface area contributed by atoms with E-state index in [1.54, 1.807) is 0 Å². The van der Waals surface area contributed by atoms with E-state index >= 15 is 0 Å². The predicted molar refractivity (Wildman–Crippen MR) is 35.6 cm³/mol. The van der Waals surface area contributed by atoms with E-state index in [1.165, 1.54) is 15.0 Å². The topological polar surface area (TPSA) is 0 Å². The molecular formula is C8H11Cl2Ti. The molecule has 1 atom stereocenters. The van der Waals surface area contributed by atoms with Crippen molar-refractivity contribution < 1.29 is 45.2 Å². The van der Waals surface area contributed by atoms with Crippen LogP contribution in [0.25, 0.3) is 0 Å². The number of allylic oxidation sites excluding steroid dienone is 4. The van der Waals surface area contributed by atoms with Gasteiger partial charge in [0.15, 0.2) is 0 Å². The molecule has 0 fully saturated rings. The molecule has 3 heteroatoms. The first-order valence-electron chi connectivity index (χ1n) is 3.24. The minimum Gasteiger partial charge on any atom is -1.00 e. The van der Waals surface area contributed by atoms with Crippen molar-refractivity contribution in [2.75, 3.05) is 0 Å². The summed E-state index contributed by atoms with van der Waals surface area (Å²) in [5.74, 6) is 0.685. The fourth-order valence-electron chi connectivity index (χ4n) is 1.14. The minimum absolute atomic E-state index is 0. The third kappa shape index (κ3) is 2.95. The fraction of sp³-hybridized carbons (Fsp3) is 0.500. The van der Waals surface area contributed by atoms with Crippen LogP contribution < -0.4 is 24.8 Å². The third-order valence-corrected chi connectivity index (χ3v) is 3.25. The Hall–Kier alpha value is 0.774. The molecule has 1 rings (SSSR count). The van der Waals surface area contributed by atoms with Gasteiger partial charge in [-0.2, -0.15) is 0 Å². The number of rotatable bonds is 0. The average Bonchev–Trinajstić information content (AvgIpc) is 1.98. The van der Waals surface area contributed by atoms with Crippen molar-refractivity contribution in [3.8, 4) is 0 Å². The summed E-state index contributed by atoms with van der Waals surface area (Å²) in [6.45, 7) is 6.63. The summed E-state index contributed by atoms with van der Waals surface area (Å²) in [6.07, 6.45) is 2.32. The Morgan fingerprint density at radius 3 is 1.82 bits per heavy atom. The van der Waals surface area contributed by atoms with Gasteiger partial charge in [0.1, 0.15) is 0 Å². The predicted octanol–water partition coefficient (Wildman–Crippen LogP) is -3.59. The smallest absolute Gasteiger partial charge is 1.00 e. The molecular weight excluding hydrogens is 215 g/mol. The fourth-order valence-corrected chi connectivity index (χ4v) is 1.58. The molecule has 0 spiro atoms. The second-order valence-electron chi connectivity index (χ2n) is 2.68. The Labute approximate surface area is 92.7 Å². The standard InChI is InChI=1S/C8H11.2ClH.Ti/c1-6-4-7(2)8(3)5-6;;;/h4,6H,1-3H3;2*1H;/q;;;+2/p-2. The molecule has 0 aromatic carbocycles. The SMILES string of the molecule is CC1=CC(C)[C]([Ti+2])=C1C.[Cl-].[Cl-]. The van der Waals surface area contributed by atoms with Crippen molar-refractivity contribution in [3.05, 3.63) is 21.1 Å². The molecule has 1 aliphatic rings. The van der Waals surface area contributed by atoms with Gasteiger partial charge in [-0.25, -0.2) is 0 Å². The van der Waals surface area contributed by atoms with Crippen LogP contribution in [-0.4, -0.2) is 0 Å². The maximum atomic E-state index is 2.32. The van der Waals surface area contributed by atoms with Gasteiger partial charge < -0.3 is 24.8 Å². The Balaban J connectivity index is 0. The molecule has 0 amide bonds. The van der Waals surface area contributed by atoms with Gasteiger partial charge in [0, 0.05) is 0 Å². The van der Waals surface area contributed by atoms with Crippen LogP contribution in [0.5, 0.6) is 0 Å². The maximum Gasteiger partial charge on any atom is -1.00 e. The average molecular weight is 226 g/mol. The van der Waals surface area contributed by atoms with Gasteiger partial charge in [-0.15, -0.1) is 0 Å². The molecule has 0 bridgehead atoms. The van der Waals surface area contributed by atoms with Crippen LogP contribution in [0.2, 0.25) is 0 Å². The van der Waals surface area contributed by atoms with Crippen LogP contribution in [0.15, 0.2) is 21.1 Å². The Morgan fingerprint density at radius 1 is 1.27 bits per heavy atom. The monoisotopic (exact) mass is 225 g/mol. The van der Waals surface area contributed by atoms with E-state index in [1.807, 2.05) is 0 Å². The Bertz CT molecular complexity index is 194. The Morgan fingerprint density at radius 2 is 1.73 bits per heavy atom. The number of halogens is 2. The van der Waals surface area contributed by atoms with Gasteiger partial charge in [-0.05, 0) is 0 Å². The molecule has 0 nitrogen and oxygen atoms in total. The first kappa shape index (κ1) is 14.3. The van der Waals surface area contributed by atoms with Crippen molar-refractivity contribution in [2.45, 2.75) is 20.8 Å². The zero-order valence-corrected chi connectivity index (χ0v) is 9.98. The van der Waals surface area contributed by atoms with Crippen LogP contribution in [0, 0.1) is 5.92 Å². The van der Waals surface area contributed by atoms with E-state index < -0.39 is 0 Å².